The molecule has 8 nitrogen and oxygen atoms in total. The molecule has 178 valence electrons. The number of nitrogens with zero attached hydrogens (tertiary/aromatic N) is 3. The van der Waals surface area contributed by atoms with Crippen molar-refractivity contribution in [3.8, 4) is 0 Å². The molecule has 1 aromatic heterocycles. The lowest BCUT2D eigenvalue weighted by Gasteiger charge is -2.19. The van der Waals surface area contributed by atoms with Gasteiger partial charge in [-0.25, -0.2) is 17.8 Å². The van der Waals surface area contributed by atoms with Gasteiger partial charge in [-0.05, 0) is 49.2 Å². The summed E-state index contributed by atoms with van der Waals surface area (Å²) in [5, 5.41) is 3.12. The number of hydrogen-bond acceptors (Lipinski definition) is 6. The number of amides is 2. The number of hydrogen-bond donors (Lipinski definition) is 1. The van der Waals surface area contributed by atoms with Gasteiger partial charge >= 0.3 is 0 Å². The Morgan fingerprint density at radius 3 is 2.36 bits per heavy atom. The normalized spacial score (nSPS) is 15.0. The molecule has 0 atom stereocenters. The third kappa shape index (κ3) is 7.24. The van der Waals surface area contributed by atoms with Gasteiger partial charge in [-0.3, -0.25) is 9.59 Å². The maximum Gasteiger partial charge on any atom is 0.244 e. The molecule has 0 radical (unpaired) electrons. The van der Waals surface area contributed by atoms with Crippen molar-refractivity contribution in [3.63, 3.8) is 0 Å². The highest BCUT2D eigenvalue weighted by Gasteiger charge is 2.25. The summed E-state index contributed by atoms with van der Waals surface area (Å²) >= 11 is 1.16. The van der Waals surface area contributed by atoms with Crippen LogP contribution in [0.4, 0.5) is 10.1 Å². The molecule has 0 saturated carbocycles. The summed E-state index contributed by atoms with van der Waals surface area (Å²) in [4.78, 5) is 30.1. The molecule has 33 heavy (non-hydrogen) atoms. The van der Waals surface area contributed by atoms with Gasteiger partial charge in [0.25, 0.3) is 0 Å². The Labute approximate surface area is 197 Å². The zero-order chi connectivity index (χ0) is 23.8. The molecule has 1 N–H and O–H groups in total. The number of aromatic nitrogens is 1. The first-order valence-electron chi connectivity index (χ1n) is 10.6. The summed E-state index contributed by atoms with van der Waals surface area (Å²) < 4.78 is 40.1. The third-order valence-electron chi connectivity index (χ3n) is 5.19. The molecule has 2 aromatic rings. The summed E-state index contributed by atoms with van der Waals surface area (Å²) in [6, 6.07) is 8.45. The van der Waals surface area contributed by atoms with E-state index in [9.17, 15) is 22.4 Å². The fourth-order valence-electron chi connectivity index (χ4n) is 3.32. The van der Waals surface area contributed by atoms with E-state index in [0.29, 0.717) is 23.8 Å². The minimum absolute atomic E-state index is 0.0472. The Morgan fingerprint density at radius 1 is 1.09 bits per heavy atom. The molecule has 0 bridgehead atoms. The predicted molar refractivity (Wildman–Crippen MR) is 125 cm³/mol. The van der Waals surface area contributed by atoms with E-state index >= 15 is 0 Å². The average molecular weight is 495 g/mol. The minimum atomic E-state index is -3.57. The fourth-order valence-corrected chi connectivity index (χ4v) is 5.57. The molecule has 11 heteroatoms. The van der Waals surface area contributed by atoms with Crippen LogP contribution in [0.3, 0.4) is 0 Å². The smallest absolute Gasteiger partial charge is 0.244 e. The van der Waals surface area contributed by atoms with Gasteiger partial charge in [0.1, 0.15) is 10.7 Å². The number of rotatable bonds is 8. The van der Waals surface area contributed by atoms with Gasteiger partial charge in [0.05, 0.1) is 17.3 Å². The molecule has 2 amide bonds. The van der Waals surface area contributed by atoms with Crippen LogP contribution in [0.2, 0.25) is 0 Å². The number of carbonyl (C=O) groups is 2. The lowest BCUT2D eigenvalue weighted by atomic mass is 10.2. The highest BCUT2D eigenvalue weighted by atomic mass is 32.2. The minimum Gasteiger partial charge on any atom is -0.336 e. The Balaban J connectivity index is 1.49. The Hall–Kier alpha value is -2.50. The molecule has 1 aliphatic heterocycles. The highest BCUT2D eigenvalue weighted by molar-refractivity contribution is 7.99. The Kier molecular flexibility index (Phi) is 8.81. The molecular weight excluding hydrogens is 467 g/mol. The van der Waals surface area contributed by atoms with Crippen molar-refractivity contribution in [2.75, 3.05) is 37.8 Å². The molecular formula is C22H27FN4O4S2. The monoisotopic (exact) mass is 494 g/mol. The SMILES string of the molecule is CN(CC(=O)Nc1ccc(F)cc1)C(=O)CSc1ccc(S(=O)(=O)N2CCCCCC2)cn1. The van der Waals surface area contributed by atoms with Crippen molar-refractivity contribution < 1.29 is 22.4 Å². The molecule has 3 rings (SSSR count). The summed E-state index contributed by atoms with van der Waals surface area (Å²) in [7, 11) is -2.06. The van der Waals surface area contributed by atoms with Crippen LogP contribution < -0.4 is 5.32 Å². The highest BCUT2D eigenvalue weighted by Crippen LogP contribution is 2.22. The Morgan fingerprint density at radius 2 is 1.76 bits per heavy atom. The second-order valence-corrected chi connectivity index (χ2v) is 10.7. The first kappa shape index (κ1) is 25.1. The molecule has 1 aliphatic rings. The number of likely N-dealkylation sites (N-methyl/N-ethyl adjacent to an activating group) is 1. The third-order valence-corrected chi connectivity index (χ3v) is 8.00. The van der Waals surface area contributed by atoms with Crippen LogP contribution in [0.15, 0.2) is 52.5 Å². The van der Waals surface area contributed by atoms with Gasteiger partial charge in [-0.2, -0.15) is 4.31 Å². The van der Waals surface area contributed by atoms with Crippen molar-refractivity contribution in [2.45, 2.75) is 35.6 Å². The number of anilines is 1. The maximum atomic E-state index is 12.9. The summed E-state index contributed by atoms with van der Waals surface area (Å²) in [5.41, 5.74) is 0.441. The van der Waals surface area contributed by atoms with Gasteiger partial charge in [0.15, 0.2) is 0 Å². The van der Waals surface area contributed by atoms with Crippen molar-refractivity contribution >= 4 is 39.3 Å². The van der Waals surface area contributed by atoms with Gasteiger partial charge in [-0.15, -0.1) is 0 Å². The lowest BCUT2D eigenvalue weighted by molar-refractivity contribution is -0.131. The predicted octanol–water partition coefficient (Wildman–Crippen LogP) is 2.97. The van der Waals surface area contributed by atoms with Gasteiger partial charge in [-0.1, -0.05) is 24.6 Å². The van der Waals surface area contributed by atoms with Crippen LogP contribution in [0.25, 0.3) is 0 Å². The summed E-state index contributed by atoms with van der Waals surface area (Å²) in [5.74, 6) is -1.04. The molecule has 0 unspecified atom stereocenters. The van der Waals surface area contributed by atoms with E-state index in [1.807, 2.05) is 0 Å². The molecule has 0 aliphatic carbocycles. The Bertz CT molecular complexity index is 1050. The second-order valence-electron chi connectivity index (χ2n) is 7.74. The molecule has 1 fully saturated rings. The molecule has 2 heterocycles. The van der Waals surface area contributed by atoms with Crippen LogP contribution >= 0.6 is 11.8 Å². The number of nitrogens with one attached hydrogen (secondary N) is 1. The van der Waals surface area contributed by atoms with E-state index in [1.165, 1.54) is 52.8 Å². The van der Waals surface area contributed by atoms with E-state index in [4.69, 9.17) is 0 Å². The van der Waals surface area contributed by atoms with Crippen LogP contribution in [0.1, 0.15) is 25.7 Å². The topological polar surface area (TPSA) is 99.7 Å². The van der Waals surface area contributed by atoms with Crippen LogP contribution in [0, 0.1) is 5.82 Å². The van der Waals surface area contributed by atoms with E-state index in [-0.39, 0.29) is 23.1 Å². The summed E-state index contributed by atoms with van der Waals surface area (Å²) in [6.07, 6.45) is 5.12. The first-order valence-corrected chi connectivity index (χ1v) is 13.1. The van der Waals surface area contributed by atoms with Crippen molar-refractivity contribution in [1.82, 2.24) is 14.2 Å². The van der Waals surface area contributed by atoms with Gasteiger partial charge < -0.3 is 10.2 Å². The zero-order valence-electron chi connectivity index (χ0n) is 18.4. The van der Waals surface area contributed by atoms with E-state index in [2.05, 4.69) is 10.3 Å². The molecule has 0 spiro atoms. The van der Waals surface area contributed by atoms with Crippen molar-refractivity contribution in [1.29, 1.82) is 0 Å². The molecule has 1 aromatic carbocycles. The van der Waals surface area contributed by atoms with E-state index < -0.39 is 21.7 Å². The quantitative estimate of drug-likeness (QED) is 0.567. The fraction of sp³-hybridized carbons (Fsp3) is 0.409. The van der Waals surface area contributed by atoms with Crippen LogP contribution in [0.5, 0.6) is 0 Å². The zero-order valence-corrected chi connectivity index (χ0v) is 20.0. The van der Waals surface area contributed by atoms with Crippen LogP contribution in [-0.2, 0) is 19.6 Å². The van der Waals surface area contributed by atoms with E-state index in [0.717, 1.165) is 37.4 Å². The number of halogens is 1. The van der Waals surface area contributed by atoms with E-state index in [1.54, 1.807) is 6.07 Å². The van der Waals surface area contributed by atoms with Crippen LogP contribution in [-0.4, -0.2) is 66.9 Å². The number of sulfonamides is 1. The van der Waals surface area contributed by atoms with Crippen molar-refractivity contribution in [2.24, 2.45) is 0 Å². The lowest BCUT2D eigenvalue weighted by Crippen LogP contribution is -2.35. The number of pyridine rings is 1. The largest absolute Gasteiger partial charge is 0.336 e. The number of thioether (sulfide) groups is 1. The second kappa shape index (κ2) is 11.6. The van der Waals surface area contributed by atoms with Gasteiger partial charge in [0, 0.05) is 32.0 Å². The number of carbonyl (C=O) groups excluding carboxylic acids is 2. The number of benzene rings is 1. The first-order chi connectivity index (χ1) is 15.8. The van der Waals surface area contributed by atoms with Crippen molar-refractivity contribution in [3.05, 3.63) is 48.4 Å². The van der Waals surface area contributed by atoms with Gasteiger partial charge in [0.2, 0.25) is 21.8 Å². The summed E-state index contributed by atoms with van der Waals surface area (Å²) in [6.45, 7) is 0.889. The molecule has 1 saturated heterocycles. The average Bonchev–Trinajstić information content (AvgIpc) is 3.09. The maximum absolute atomic E-state index is 12.9. The standard InChI is InChI=1S/C22H27FN4O4S2/c1-26(15-20(28)25-18-8-6-17(23)7-9-18)22(29)16-32-21-11-10-19(14-24-21)33(30,31)27-12-4-2-3-5-13-27/h6-11,14H,2-5,12-13,15-16H2,1H3,(H,25,28).